The first-order chi connectivity index (χ1) is 19.6. The predicted molar refractivity (Wildman–Crippen MR) is 172 cm³/mol. The molecule has 6 heteroatoms. The molecule has 0 radical (unpaired) electrons. The summed E-state index contributed by atoms with van der Waals surface area (Å²) in [4.78, 5) is 24.9. The lowest BCUT2D eigenvalue weighted by Gasteiger charge is -2.08. The van der Waals surface area contributed by atoms with Gasteiger partial charge in [-0.2, -0.15) is 0 Å². The summed E-state index contributed by atoms with van der Waals surface area (Å²) in [6.45, 7) is 4.43. The fourth-order valence-electron chi connectivity index (χ4n) is 4.33. The van der Waals surface area contributed by atoms with Gasteiger partial charge in [0.2, 0.25) is 0 Å². The molecule has 0 aliphatic carbocycles. The fraction of sp³-hybridized carbons (Fsp3) is 0.333. The normalized spacial score (nSPS) is 10.7. The summed E-state index contributed by atoms with van der Waals surface area (Å²) >= 11 is 0. The molecule has 0 aromatic heterocycles. The van der Waals surface area contributed by atoms with Gasteiger partial charge in [0.15, 0.2) is 11.5 Å². The Kier molecular flexibility index (Phi) is 17.9. The highest BCUT2D eigenvalue weighted by Crippen LogP contribution is 2.27. The van der Waals surface area contributed by atoms with E-state index in [1.54, 1.807) is 36.4 Å². The van der Waals surface area contributed by atoms with Crippen LogP contribution in [0, 0.1) is 0 Å². The lowest BCUT2D eigenvalue weighted by atomic mass is 10.0. The molecule has 3 aromatic rings. The second kappa shape index (κ2) is 20.8. The number of carbonyl (C=O) groups is 2. The van der Waals surface area contributed by atoms with Gasteiger partial charge in [-0.1, -0.05) is 113 Å². The first-order valence-electron chi connectivity index (χ1n) is 14.6. The first-order valence-corrected chi connectivity index (χ1v) is 14.6. The number of unbranched alkanes of at least 4 members (excludes halogenated alkanes) is 6. The first kappa shape index (κ1) is 36.0. The molecule has 0 heterocycles. The third kappa shape index (κ3) is 13.6. The van der Waals surface area contributed by atoms with E-state index < -0.39 is 11.9 Å². The monoisotopic (exact) mass is 574 g/mol. The topological polar surface area (TPSA) is 116 Å². The average molecular weight is 575 g/mol. The summed E-state index contributed by atoms with van der Waals surface area (Å²) in [5.74, 6) is -0.711. The molecule has 0 spiro atoms. The van der Waals surface area contributed by atoms with Crippen molar-refractivity contribution in [2.45, 2.75) is 78.1 Å². The van der Waals surface area contributed by atoms with Gasteiger partial charge < -0.3 is 20.4 Å². The maximum absolute atomic E-state index is 12.5. The molecule has 6 nitrogen and oxygen atoms in total. The van der Waals surface area contributed by atoms with E-state index in [9.17, 15) is 9.59 Å². The van der Waals surface area contributed by atoms with Crippen LogP contribution in [-0.2, 0) is 22.4 Å². The summed E-state index contributed by atoms with van der Waals surface area (Å²) < 4.78 is 10.9. The van der Waals surface area contributed by atoms with Crippen LogP contribution in [-0.4, -0.2) is 22.9 Å². The SMILES string of the molecule is CCCCCCc1ccc(/C=C/C(=O)Oc2ccccc2OC(=O)/C=C/c2ccc(CCCCCC)cc2)cc1.O.O. The number of hydrogen-bond donors (Lipinski definition) is 0. The van der Waals surface area contributed by atoms with Gasteiger partial charge in [-0.05, 0) is 72.2 Å². The van der Waals surface area contributed by atoms with Crippen molar-refractivity contribution in [1.82, 2.24) is 0 Å². The molecule has 0 amide bonds. The van der Waals surface area contributed by atoms with Crippen LogP contribution in [0.2, 0.25) is 0 Å². The van der Waals surface area contributed by atoms with Crippen LogP contribution in [0.15, 0.2) is 84.9 Å². The zero-order valence-electron chi connectivity index (χ0n) is 24.9. The number of hydrogen-bond acceptors (Lipinski definition) is 4. The summed E-state index contributed by atoms with van der Waals surface area (Å²) in [7, 11) is 0. The molecule has 3 aromatic carbocycles. The van der Waals surface area contributed by atoms with Crippen molar-refractivity contribution in [3.05, 3.63) is 107 Å². The summed E-state index contributed by atoms with van der Waals surface area (Å²) in [6, 6.07) is 23.1. The minimum Gasteiger partial charge on any atom is -0.419 e. The number of carbonyl (C=O) groups excluding carboxylic acids is 2. The highest BCUT2D eigenvalue weighted by molar-refractivity contribution is 5.91. The van der Waals surface area contributed by atoms with Crippen LogP contribution in [0.25, 0.3) is 12.2 Å². The molecule has 0 bridgehead atoms. The van der Waals surface area contributed by atoms with E-state index >= 15 is 0 Å². The van der Waals surface area contributed by atoms with Crippen LogP contribution in [0.1, 0.15) is 87.5 Å². The van der Waals surface area contributed by atoms with Crippen molar-refractivity contribution in [1.29, 1.82) is 0 Å². The number of benzene rings is 3. The Morgan fingerprint density at radius 2 is 0.929 bits per heavy atom. The average Bonchev–Trinajstić information content (AvgIpc) is 2.98. The predicted octanol–water partition coefficient (Wildman–Crippen LogP) is 7.52. The van der Waals surface area contributed by atoms with Gasteiger partial charge in [0.05, 0.1) is 0 Å². The van der Waals surface area contributed by atoms with Crippen molar-refractivity contribution in [3.63, 3.8) is 0 Å². The maximum Gasteiger partial charge on any atom is 0.336 e. The number of rotatable bonds is 16. The Morgan fingerprint density at radius 1 is 0.548 bits per heavy atom. The number of para-hydroxylation sites is 2. The van der Waals surface area contributed by atoms with Gasteiger partial charge in [0.25, 0.3) is 0 Å². The zero-order chi connectivity index (χ0) is 28.4. The van der Waals surface area contributed by atoms with Crippen molar-refractivity contribution >= 4 is 24.1 Å². The van der Waals surface area contributed by atoms with Gasteiger partial charge in [0.1, 0.15) is 0 Å². The molecule has 0 saturated carbocycles. The van der Waals surface area contributed by atoms with E-state index in [0.29, 0.717) is 0 Å². The Balaban J connectivity index is 0.00000441. The molecule has 0 aliphatic rings. The van der Waals surface area contributed by atoms with E-state index in [1.165, 1.54) is 74.6 Å². The van der Waals surface area contributed by atoms with E-state index in [2.05, 4.69) is 38.1 Å². The lowest BCUT2D eigenvalue weighted by Crippen LogP contribution is -2.08. The second-order valence-corrected chi connectivity index (χ2v) is 10.1. The molecular weight excluding hydrogens is 528 g/mol. The Morgan fingerprint density at radius 3 is 1.29 bits per heavy atom. The van der Waals surface area contributed by atoms with E-state index in [1.807, 2.05) is 24.3 Å². The summed E-state index contributed by atoms with van der Waals surface area (Å²) in [5, 5.41) is 0. The molecule has 3 rings (SSSR count). The Labute approximate surface area is 250 Å². The molecule has 226 valence electrons. The molecule has 42 heavy (non-hydrogen) atoms. The van der Waals surface area contributed by atoms with Gasteiger partial charge in [-0.25, -0.2) is 9.59 Å². The van der Waals surface area contributed by atoms with Gasteiger partial charge in [0, 0.05) is 12.2 Å². The van der Waals surface area contributed by atoms with Crippen LogP contribution >= 0.6 is 0 Å². The van der Waals surface area contributed by atoms with Crippen LogP contribution in [0.4, 0.5) is 0 Å². The van der Waals surface area contributed by atoms with E-state index in [-0.39, 0.29) is 22.5 Å². The van der Waals surface area contributed by atoms with E-state index in [4.69, 9.17) is 9.47 Å². The Hall–Kier alpha value is -4.00. The van der Waals surface area contributed by atoms with Crippen molar-refractivity contribution in [2.75, 3.05) is 0 Å². The molecule has 0 atom stereocenters. The second-order valence-electron chi connectivity index (χ2n) is 10.1. The van der Waals surface area contributed by atoms with Crippen LogP contribution < -0.4 is 9.47 Å². The van der Waals surface area contributed by atoms with E-state index in [0.717, 1.165) is 24.0 Å². The van der Waals surface area contributed by atoms with Gasteiger partial charge in [-0.15, -0.1) is 0 Å². The third-order valence-corrected chi connectivity index (χ3v) is 6.69. The van der Waals surface area contributed by atoms with Gasteiger partial charge in [-0.3, -0.25) is 0 Å². The number of aryl methyl sites for hydroxylation is 2. The maximum atomic E-state index is 12.5. The molecule has 4 N–H and O–H groups in total. The zero-order valence-corrected chi connectivity index (χ0v) is 24.9. The molecule has 0 unspecified atom stereocenters. The molecular formula is C36H46O6. The number of esters is 2. The highest BCUT2D eigenvalue weighted by atomic mass is 16.6. The van der Waals surface area contributed by atoms with Crippen LogP contribution in [0.3, 0.4) is 0 Å². The van der Waals surface area contributed by atoms with Crippen molar-refractivity contribution < 1.29 is 30.0 Å². The minimum atomic E-state index is -0.544. The quantitative estimate of drug-likeness (QED) is 0.0761. The lowest BCUT2D eigenvalue weighted by molar-refractivity contribution is -0.131. The van der Waals surface area contributed by atoms with Crippen LogP contribution in [0.5, 0.6) is 11.5 Å². The highest BCUT2D eigenvalue weighted by Gasteiger charge is 2.11. The fourth-order valence-corrected chi connectivity index (χ4v) is 4.33. The van der Waals surface area contributed by atoms with Crippen molar-refractivity contribution in [2.24, 2.45) is 0 Å². The smallest absolute Gasteiger partial charge is 0.336 e. The molecule has 0 saturated heterocycles. The van der Waals surface area contributed by atoms with Crippen molar-refractivity contribution in [3.8, 4) is 11.5 Å². The summed E-state index contributed by atoms with van der Waals surface area (Å²) in [5.41, 5.74) is 4.44. The number of ether oxygens (including phenoxy) is 2. The Bertz CT molecular complexity index is 1140. The molecule has 0 fully saturated rings. The third-order valence-electron chi connectivity index (χ3n) is 6.69. The molecule has 0 aliphatic heterocycles. The summed E-state index contributed by atoms with van der Waals surface area (Å²) in [6.07, 6.45) is 18.3. The largest absolute Gasteiger partial charge is 0.419 e. The minimum absolute atomic E-state index is 0. The standard InChI is InChI=1S/C36H42O4.2H2O/c1-3-5-7-9-13-29-17-21-31(22-18-29)25-27-35(37)39-33-15-11-12-16-34(33)40-36(38)28-26-32-23-19-30(20-24-32)14-10-8-6-4-2;;/h11-12,15-28H,3-10,13-14H2,1-2H3;2*1H2/b27-25+,28-26+;;. The van der Waals surface area contributed by atoms with Gasteiger partial charge >= 0.3 is 11.9 Å².